The minimum atomic E-state index is -0.687. The molecule has 1 aliphatic heterocycles. The Kier molecular flexibility index (Phi) is 3.92. The standard InChI is InChI=1S/C17H14F2N2O2/c18-11-5-10(6-12(19)8-11)7-13(20)9-21-16(22)14-3-1-2-4-15(14)17(21)23/h1-6,8,13H,7,9,20H2. The van der Waals surface area contributed by atoms with E-state index in [1.807, 2.05) is 0 Å². The first kappa shape index (κ1) is 15.3. The second-order valence-corrected chi connectivity index (χ2v) is 5.51. The van der Waals surface area contributed by atoms with Gasteiger partial charge in [-0.05, 0) is 36.2 Å². The lowest BCUT2D eigenvalue weighted by atomic mass is 10.1. The number of carbonyl (C=O) groups excluding carboxylic acids is 2. The summed E-state index contributed by atoms with van der Waals surface area (Å²) in [5.41, 5.74) is 7.03. The van der Waals surface area contributed by atoms with Crippen LogP contribution in [0.5, 0.6) is 0 Å². The van der Waals surface area contributed by atoms with Gasteiger partial charge in [-0.15, -0.1) is 0 Å². The van der Waals surface area contributed by atoms with Crippen LogP contribution in [0.2, 0.25) is 0 Å². The molecule has 1 unspecified atom stereocenters. The van der Waals surface area contributed by atoms with E-state index in [9.17, 15) is 18.4 Å². The van der Waals surface area contributed by atoms with Gasteiger partial charge in [0.25, 0.3) is 11.8 Å². The summed E-state index contributed by atoms with van der Waals surface area (Å²) in [6, 6.07) is 9.08. The minimum absolute atomic E-state index is 0.00945. The van der Waals surface area contributed by atoms with Gasteiger partial charge in [-0.1, -0.05) is 12.1 Å². The van der Waals surface area contributed by atoms with Crippen molar-refractivity contribution in [2.75, 3.05) is 6.54 Å². The number of rotatable bonds is 4. The summed E-state index contributed by atoms with van der Waals surface area (Å²) in [7, 11) is 0. The maximum Gasteiger partial charge on any atom is 0.261 e. The number of hydrogen-bond acceptors (Lipinski definition) is 3. The average Bonchev–Trinajstić information content (AvgIpc) is 2.72. The van der Waals surface area contributed by atoms with E-state index < -0.39 is 29.5 Å². The summed E-state index contributed by atoms with van der Waals surface area (Å²) in [6.07, 6.45) is 0.155. The third-order valence-electron chi connectivity index (χ3n) is 3.72. The summed E-state index contributed by atoms with van der Waals surface area (Å²) in [4.78, 5) is 25.5. The van der Waals surface area contributed by atoms with Crippen LogP contribution < -0.4 is 5.73 Å². The van der Waals surface area contributed by atoms with Crippen LogP contribution in [-0.4, -0.2) is 29.3 Å². The number of amides is 2. The lowest BCUT2D eigenvalue weighted by molar-refractivity contribution is 0.0644. The molecule has 0 spiro atoms. The van der Waals surface area contributed by atoms with E-state index in [1.54, 1.807) is 24.3 Å². The van der Waals surface area contributed by atoms with Gasteiger partial charge in [-0.3, -0.25) is 14.5 Å². The van der Waals surface area contributed by atoms with Crippen molar-refractivity contribution in [3.05, 3.63) is 70.8 Å². The van der Waals surface area contributed by atoms with Crippen molar-refractivity contribution in [2.24, 2.45) is 5.73 Å². The molecule has 2 amide bonds. The highest BCUT2D eigenvalue weighted by molar-refractivity contribution is 6.21. The SMILES string of the molecule is NC(Cc1cc(F)cc(F)c1)CN1C(=O)c2ccccc2C1=O. The first-order valence-electron chi connectivity index (χ1n) is 7.11. The van der Waals surface area contributed by atoms with Crippen LogP contribution in [0.3, 0.4) is 0 Å². The molecule has 23 heavy (non-hydrogen) atoms. The Labute approximate surface area is 131 Å². The van der Waals surface area contributed by atoms with Crippen LogP contribution in [0.4, 0.5) is 8.78 Å². The highest BCUT2D eigenvalue weighted by atomic mass is 19.1. The number of imide groups is 1. The van der Waals surface area contributed by atoms with Crippen molar-refractivity contribution in [3.8, 4) is 0 Å². The van der Waals surface area contributed by atoms with Gasteiger partial charge >= 0.3 is 0 Å². The smallest absolute Gasteiger partial charge is 0.261 e. The van der Waals surface area contributed by atoms with E-state index in [-0.39, 0.29) is 13.0 Å². The average molecular weight is 316 g/mol. The van der Waals surface area contributed by atoms with Gasteiger partial charge in [-0.2, -0.15) is 0 Å². The Hall–Kier alpha value is -2.60. The van der Waals surface area contributed by atoms with E-state index in [2.05, 4.69) is 0 Å². The quantitative estimate of drug-likeness (QED) is 0.879. The summed E-state index contributed by atoms with van der Waals surface area (Å²) < 4.78 is 26.4. The Bertz CT molecular complexity index is 737. The number of fused-ring (bicyclic) bond motifs is 1. The normalized spacial score (nSPS) is 15.0. The molecule has 3 rings (SSSR count). The molecular weight excluding hydrogens is 302 g/mol. The van der Waals surface area contributed by atoms with Crippen LogP contribution in [0, 0.1) is 11.6 Å². The third kappa shape index (κ3) is 2.98. The monoisotopic (exact) mass is 316 g/mol. The fraction of sp³-hybridized carbons (Fsp3) is 0.176. The molecule has 0 saturated carbocycles. The Morgan fingerprint density at radius 1 is 0.957 bits per heavy atom. The first-order chi connectivity index (χ1) is 11.0. The molecule has 4 nitrogen and oxygen atoms in total. The molecular formula is C17H14F2N2O2. The topological polar surface area (TPSA) is 63.4 Å². The number of carbonyl (C=O) groups is 2. The van der Waals surface area contributed by atoms with Crippen LogP contribution in [0.1, 0.15) is 26.3 Å². The fourth-order valence-electron chi connectivity index (χ4n) is 2.74. The molecule has 1 heterocycles. The van der Waals surface area contributed by atoms with Crippen molar-refractivity contribution < 1.29 is 18.4 Å². The summed E-state index contributed by atoms with van der Waals surface area (Å²) >= 11 is 0. The van der Waals surface area contributed by atoms with Gasteiger partial charge in [0.1, 0.15) is 11.6 Å². The fourth-order valence-corrected chi connectivity index (χ4v) is 2.74. The van der Waals surface area contributed by atoms with Crippen molar-refractivity contribution >= 4 is 11.8 Å². The predicted octanol–water partition coefficient (Wildman–Crippen LogP) is 2.13. The van der Waals surface area contributed by atoms with Crippen molar-refractivity contribution in [3.63, 3.8) is 0 Å². The molecule has 0 radical (unpaired) electrons. The molecule has 0 aliphatic carbocycles. The number of nitrogens with zero attached hydrogens (tertiary/aromatic N) is 1. The van der Waals surface area contributed by atoms with Gasteiger partial charge in [0, 0.05) is 18.7 Å². The van der Waals surface area contributed by atoms with E-state index in [4.69, 9.17) is 5.73 Å². The number of halogens is 2. The summed E-state index contributed by atoms with van der Waals surface area (Å²) in [6.45, 7) is -0.00945. The van der Waals surface area contributed by atoms with Gasteiger partial charge in [0.2, 0.25) is 0 Å². The molecule has 0 bridgehead atoms. The Balaban J connectivity index is 1.73. The molecule has 2 aromatic carbocycles. The molecule has 2 N–H and O–H groups in total. The molecule has 1 aliphatic rings. The molecule has 0 saturated heterocycles. The minimum Gasteiger partial charge on any atom is -0.326 e. The number of hydrogen-bond donors (Lipinski definition) is 1. The highest BCUT2D eigenvalue weighted by Crippen LogP contribution is 2.22. The van der Waals surface area contributed by atoms with Crippen LogP contribution in [0.25, 0.3) is 0 Å². The molecule has 1 atom stereocenters. The predicted molar refractivity (Wildman–Crippen MR) is 79.8 cm³/mol. The van der Waals surface area contributed by atoms with Gasteiger partial charge in [-0.25, -0.2) is 8.78 Å². The van der Waals surface area contributed by atoms with Crippen molar-refractivity contribution in [1.82, 2.24) is 4.90 Å². The van der Waals surface area contributed by atoms with Crippen LogP contribution >= 0.6 is 0 Å². The van der Waals surface area contributed by atoms with Crippen LogP contribution in [0.15, 0.2) is 42.5 Å². The first-order valence-corrected chi connectivity index (χ1v) is 7.11. The Morgan fingerprint density at radius 3 is 2.00 bits per heavy atom. The zero-order valence-electron chi connectivity index (χ0n) is 12.1. The molecule has 118 valence electrons. The molecule has 2 aromatic rings. The summed E-state index contributed by atoms with van der Waals surface area (Å²) in [5, 5.41) is 0. The zero-order chi connectivity index (χ0) is 16.6. The largest absolute Gasteiger partial charge is 0.326 e. The second kappa shape index (κ2) is 5.89. The van der Waals surface area contributed by atoms with E-state index in [0.717, 1.165) is 11.0 Å². The van der Waals surface area contributed by atoms with Crippen LogP contribution in [-0.2, 0) is 6.42 Å². The van der Waals surface area contributed by atoms with Gasteiger partial charge < -0.3 is 5.73 Å². The lowest BCUT2D eigenvalue weighted by Crippen LogP contribution is -2.41. The lowest BCUT2D eigenvalue weighted by Gasteiger charge is -2.19. The molecule has 0 aromatic heterocycles. The van der Waals surface area contributed by atoms with Crippen molar-refractivity contribution in [2.45, 2.75) is 12.5 Å². The molecule has 6 heteroatoms. The van der Waals surface area contributed by atoms with Gasteiger partial charge in [0.05, 0.1) is 11.1 Å². The zero-order valence-corrected chi connectivity index (χ0v) is 12.1. The van der Waals surface area contributed by atoms with E-state index >= 15 is 0 Å². The van der Waals surface area contributed by atoms with Gasteiger partial charge in [0.15, 0.2) is 0 Å². The van der Waals surface area contributed by atoms with E-state index in [0.29, 0.717) is 16.7 Å². The summed E-state index contributed by atoms with van der Waals surface area (Å²) in [5.74, 6) is -2.17. The maximum absolute atomic E-state index is 13.2. The highest BCUT2D eigenvalue weighted by Gasteiger charge is 2.35. The Morgan fingerprint density at radius 2 is 1.48 bits per heavy atom. The maximum atomic E-state index is 13.2. The van der Waals surface area contributed by atoms with Crippen molar-refractivity contribution in [1.29, 1.82) is 0 Å². The molecule has 0 fully saturated rings. The number of benzene rings is 2. The third-order valence-corrected chi connectivity index (χ3v) is 3.72. The number of nitrogens with two attached hydrogens (primary N) is 1. The van der Waals surface area contributed by atoms with E-state index in [1.165, 1.54) is 12.1 Å². The second-order valence-electron chi connectivity index (χ2n) is 5.51.